The van der Waals surface area contributed by atoms with E-state index in [0.717, 1.165) is 89.9 Å². The third-order valence-electron chi connectivity index (χ3n) is 9.22. The van der Waals surface area contributed by atoms with Crippen LogP contribution in [0.1, 0.15) is 174 Å². The van der Waals surface area contributed by atoms with Gasteiger partial charge in [-0.2, -0.15) is 0 Å². The molecule has 59 heavy (non-hydrogen) atoms. The number of aliphatic carboxylic acids is 1. The van der Waals surface area contributed by atoms with Crippen molar-refractivity contribution in [2.24, 2.45) is 0 Å². The van der Waals surface area contributed by atoms with Gasteiger partial charge in [-0.05, 0) is 89.9 Å². The number of carbonyl (C=O) groups is 3. The number of esters is 1. The zero-order valence-electron chi connectivity index (χ0n) is 36.5. The standard InChI is InChI=1S/C47H80NO10P/c1-3-5-7-9-11-13-15-17-19-21-22-23-24-26-28-30-32-34-36-38-45(50)48-44(47(52)53)42-58-59(54,55)57-41-43(49)40-56-46(51)39-37-35-33-31-29-27-25-20-18-16-14-12-10-8-6-4-2/h11,13-14,16-17,19-20,22-23,25-26,28,43-44,49H,3-10,12,15,18,21,24,27,29-42H2,1-2H3,(H,48,50)(H,52,53)(H,54,55)/b13-11-,16-14-,19-17-,23-22-,25-20-,28-26-. The summed E-state index contributed by atoms with van der Waals surface area (Å²) in [6, 6.07) is -1.57. The molecule has 0 aromatic carbocycles. The number of rotatable bonds is 41. The number of carboxylic acids is 1. The molecule has 3 atom stereocenters. The van der Waals surface area contributed by atoms with E-state index in [1.54, 1.807) is 0 Å². The molecule has 0 aromatic rings. The summed E-state index contributed by atoms with van der Waals surface area (Å²) in [6.07, 6.45) is 49.2. The first-order valence-corrected chi connectivity index (χ1v) is 24.0. The van der Waals surface area contributed by atoms with Gasteiger partial charge in [-0.15, -0.1) is 0 Å². The lowest BCUT2D eigenvalue weighted by atomic mass is 10.1. The Bertz CT molecular complexity index is 1280. The Balaban J connectivity index is 3.99. The molecular formula is C47H80NO10P. The molecule has 0 aliphatic rings. The first-order valence-electron chi connectivity index (χ1n) is 22.5. The van der Waals surface area contributed by atoms with Crippen molar-refractivity contribution in [3.8, 4) is 0 Å². The highest BCUT2D eigenvalue weighted by Crippen LogP contribution is 2.43. The third kappa shape index (κ3) is 41.4. The number of hydrogen-bond donors (Lipinski definition) is 4. The number of allylic oxidation sites excluding steroid dienone is 12. The van der Waals surface area contributed by atoms with Crippen molar-refractivity contribution in [1.29, 1.82) is 0 Å². The molecule has 12 heteroatoms. The Kier molecular flexibility index (Phi) is 39.5. The second-order valence-corrected chi connectivity index (χ2v) is 16.3. The van der Waals surface area contributed by atoms with Gasteiger partial charge >= 0.3 is 19.8 Å². The van der Waals surface area contributed by atoms with Crippen LogP contribution in [-0.4, -0.2) is 64.9 Å². The normalized spacial score (nSPS) is 14.4. The molecule has 0 saturated carbocycles. The molecule has 0 heterocycles. The molecule has 4 N–H and O–H groups in total. The molecule has 0 aliphatic carbocycles. The summed E-state index contributed by atoms with van der Waals surface area (Å²) >= 11 is 0. The third-order valence-corrected chi connectivity index (χ3v) is 10.2. The van der Waals surface area contributed by atoms with Crippen LogP contribution in [0.25, 0.3) is 0 Å². The average Bonchev–Trinajstić information content (AvgIpc) is 3.21. The lowest BCUT2D eigenvalue weighted by molar-refractivity contribution is -0.147. The van der Waals surface area contributed by atoms with Crippen LogP contribution >= 0.6 is 7.82 Å². The maximum atomic E-state index is 12.3. The van der Waals surface area contributed by atoms with Crippen LogP contribution in [0.3, 0.4) is 0 Å². The van der Waals surface area contributed by atoms with E-state index < -0.39 is 57.6 Å². The van der Waals surface area contributed by atoms with Gasteiger partial charge in [-0.1, -0.05) is 145 Å². The fraction of sp³-hybridized carbons (Fsp3) is 0.681. The van der Waals surface area contributed by atoms with Gasteiger partial charge in [0.2, 0.25) is 5.91 Å². The topological polar surface area (TPSA) is 169 Å². The van der Waals surface area contributed by atoms with Crippen LogP contribution in [0.2, 0.25) is 0 Å². The summed E-state index contributed by atoms with van der Waals surface area (Å²) in [7, 11) is -4.77. The fourth-order valence-corrected chi connectivity index (χ4v) is 6.45. The van der Waals surface area contributed by atoms with E-state index in [1.165, 1.54) is 44.9 Å². The summed E-state index contributed by atoms with van der Waals surface area (Å²) in [5.74, 6) is -2.44. The Hall–Kier alpha value is -3.08. The Labute approximate surface area is 357 Å². The highest BCUT2D eigenvalue weighted by molar-refractivity contribution is 7.47. The highest BCUT2D eigenvalue weighted by Gasteiger charge is 2.28. The number of ether oxygens (including phenoxy) is 1. The van der Waals surface area contributed by atoms with Gasteiger partial charge in [0.25, 0.3) is 0 Å². The maximum absolute atomic E-state index is 12.3. The second kappa shape index (κ2) is 41.6. The van der Waals surface area contributed by atoms with E-state index in [4.69, 9.17) is 13.8 Å². The molecule has 0 radical (unpaired) electrons. The minimum absolute atomic E-state index is 0.103. The zero-order chi connectivity index (χ0) is 43.5. The van der Waals surface area contributed by atoms with Gasteiger partial charge in [0, 0.05) is 12.8 Å². The summed E-state index contributed by atoms with van der Waals surface area (Å²) in [4.78, 5) is 45.9. The SMILES string of the molecule is CCCCC/C=C\C/C=C\C/C=C\C/C=C\CCCCCC(=O)NC(COP(=O)(O)OCC(O)COC(=O)CCCCCCC/C=C\C/C=C\CCCCCC)C(=O)O. The van der Waals surface area contributed by atoms with E-state index in [2.05, 4.69) is 92.1 Å². The number of unbranched alkanes of at least 4 members (excludes halogenated alkanes) is 15. The predicted octanol–water partition coefficient (Wildman–Crippen LogP) is 11.7. The van der Waals surface area contributed by atoms with Gasteiger partial charge < -0.3 is 25.2 Å². The van der Waals surface area contributed by atoms with Gasteiger partial charge in [0.05, 0.1) is 13.2 Å². The molecule has 0 saturated heterocycles. The lowest BCUT2D eigenvalue weighted by Gasteiger charge is -2.18. The summed E-state index contributed by atoms with van der Waals surface area (Å²) in [5, 5.41) is 21.8. The Morgan fingerprint density at radius 1 is 0.542 bits per heavy atom. The number of aliphatic hydroxyl groups excluding tert-OH is 1. The molecule has 1 amide bonds. The van der Waals surface area contributed by atoms with Crippen molar-refractivity contribution in [1.82, 2.24) is 5.32 Å². The molecule has 3 unspecified atom stereocenters. The number of amides is 1. The number of carboxylic acid groups (broad SMARTS) is 1. The number of aliphatic hydroxyl groups is 1. The number of phosphoric acid groups is 1. The van der Waals surface area contributed by atoms with Crippen LogP contribution in [0.5, 0.6) is 0 Å². The van der Waals surface area contributed by atoms with Crippen LogP contribution < -0.4 is 5.32 Å². The number of nitrogens with one attached hydrogen (secondary N) is 1. The number of carbonyl (C=O) groups excluding carboxylic acids is 2. The van der Waals surface area contributed by atoms with Gasteiger partial charge in [0.1, 0.15) is 12.7 Å². The molecule has 11 nitrogen and oxygen atoms in total. The fourth-order valence-electron chi connectivity index (χ4n) is 5.68. The van der Waals surface area contributed by atoms with Gasteiger partial charge in [0.15, 0.2) is 6.04 Å². The first-order chi connectivity index (χ1) is 28.6. The quantitative estimate of drug-likeness (QED) is 0.0201. The van der Waals surface area contributed by atoms with E-state index >= 15 is 0 Å². The number of hydrogen-bond acceptors (Lipinski definition) is 8. The molecule has 0 rings (SSSR count). The van der Waals surface area contributed by atoms with E-state index in [9.17, 15) is 34.1 Å². The molecule has 338 valence electrons. The van der Waals surface area contributed by atoms with Gasteiger partial charge in [-0.3, -0.25) is 18.6 Å². The van der Waals surface area contributed by atoms with Crippen molar-refractivity contribution in [3.05, 3.63) is 72.9 Å². The molecule has 0 bridgehead atoms. The monoisotopic (exact) mass is 850 g/mol. The molecular weight excluding hydrogens is 769 g/mol. The second-order valence-electron chi connectivity index (χ2n) is 14.9. The van der Waals surface area contributed by atoms with Crippen molar-refractivity contribution < 1.29 is 47.8 Å². The minimum atomic E-state index is -4.77. The van der Waals surface area contributed by atoms with Crippen LogP contribution in [0.15, 0.2) is 72.9 Å². The van der Waals surface area contributed by atoms with E-state index in [0.29, 0.717) is 12.8 Å². The molecule has 0 aliphatic heterocycles. The smallest absolute Gasteiger partial charge is 0.472 e. The predicted molar refractivity (Wildman–Crippen MR) is 240 cm³/mol. The Morgan fingerprint density at radius 2 is 0.932 bits per heavy atom. The average molecular weight is 850 g/mol. The van der Waals surface area contributed by atoms with Crippen LogP contribution in [-0.2, 0) is 32.7 Å². The lowest BCUT2D eigenvalue weighted by Crippen LogP contribution is -2.43. The molecule has 0 aromatic heterocycles. The Morgan fingerprint density at radius 3 is 1.44 bits per heavy atom. The molecule has 0 spiro atoms. The molecule has 0 fully saturated rings. The van der Waals surface area contributed by atoms with Crippen molar-refractivity contribution in [3.63, 3.8) is 0 Å². The summed E-state index contributed by atoms with van der Waals surface area (Å²) in [5.41, 5.74) is 0. The van der Waals surface area contributed by atoms with E-state index in [1.807, 2.05) is 0 Å². The van der Waals surface area contributed by atoms with Crippen molar-refractivity contribution >= 4 is 25.7 Å². The summed E-state index contributed by atoms with van der Waals surface area (Å²) < 4.78 is 26.8. The zero-order valence-corrected chi connectivity index (χ0v) is 37.4. The highest BCUT2D eigenvalue weighted by atomic mass is 31.2. The van der Waals surface area contributed by atoms with Crippen molar-refractivity contribution in [2.45, 2.75) is 187 Å². The largest absolute Gasteiger partial charge is 0.480 e. The van der Waals surface area contributed by atoms with Gasteiger partial charge in [-0.25, -0.2) is 9.36 Å². The first kappa shape index (κ1) is 55.9. The number of phosphoric ester groups is 1. The summed E-state index contributed by atoms with van der Waals surface area (Å²) in [6.45, 7) is 2.50. The van der Waals surface area contributed by atoms with Crippen LogP contribution in [0, 0.1) is 0 Å². The van der Waals surface area contributed by atoms with E-state index in [-0.39, 0.29) is 12.8 Å². The maximum Gasteiger partial charge on any atom is 0.472 e. The minimum Gasteiger partial charge on any atom is -0.480 e. The van der Waals surface area contributed by atoms with Crippen LogP contribution in [0.4, 0.5) is 0 Å². The van der Waals surface area contributed by atoms with Crippen molar-refractivity contribution in [2.75, 3.05) is 19.8 Å².